The second-order valence-corrected chi connectivity index (χ2v) is 3.57. The Labute approximate surface area is 87.7 Å². The summed E-state index contributed by atoms with van der Waals surface area (Å²) in [5, 5.41) is 0. The van der Waals surface area contributed by atoms with Crippen molar-refractivity contribution >= 4 is 12.4 Å². The normalized spacial score (nSPS) is 17.4. The number of benzene rings is 1. The zero-order chi connectivity index (χ0) is 9.42. The molecule has 1 fully saturated rings. The van der Waals surface area contributed by atoms with E-state index in [9.17, 15) is 8.78 Å². The molecule has 0 aromatic heterocycles. The van der Waals surface area contributed by atoms with Gasteiger partial charge < -0.3 is 5.73 Å². The summed E-state index contributed by atoms with van der Waals surface area (Å²) in [7, 11) is 0. The fourth-order valence-electron chi connectivity index (χ4n) is 1.50. The van der Waals surface area contributed by atoms with Gasteiger partial charge in [0.25, 0.3) is 0 Å². The molecule has 1 saturated carbocycles. The highest BCUT2D eigenvalue weighted by atomic mass is 35.5. The standard InChI is InChI=1S/C10H11F2N.ClH/c11-8-3-7(4-9(12)5-8)10(13)6-1-2-6;/h3-6,10H,1-2,13H2;1H/t10-;/m1./s1. The molecule has 0 amide bonds. The molecule has 0 unspecified atom stereocenters. The number of nitrogens with two attached hydrogens (primary N) is 1. The third kappa shape index (κ3) is 2.42. The van der Waals surface area contributed by atoms with Gasteiger partial charge in [0.2, 0.25) is 0 Å². The van der Waals surface area contributed by atoms with Gasteiger partial charge in [0.1, 0.15) is 11.6 Å². The van der Waals surface area contributed by atoms with Crippen molar-refractivity contribution in [3.63, 3.8) is 0 Å². The Morgan fingerprint density at radius 1 is 1.14 bits per heavy atom. The predicted octanol–water partition coefficient (Wildman–Crippen LogP) is 2.80. The van der Waals surface area contributed by atoms with Crippen LogP contribution in [0.25, 0.3) is 0 Å². The predicted molar refractivity (Wildman–Crippen MR) is 53.3 cm³/mol. The summed E-state index contributed by atoms with van der Waals surface area (Å²) in [4.78, 5) is 0. The molecule has 0 bridgehead atoms. The molecule has 1 aromatic carbocycles. The Hall–Kier alpha value is -0.670. The van der Waals surface area contributed by atoms with E-state index >= 15 is 0 Å². The molecule has 1 aromatic rings. The Balaban J connectivity index is 0.000000980. The first-order valence-corrected chi connectivity index (χ1v) is 4.38. The minimum atomic E-state index is -0.550. The molecular weight excluding hydrogens is 208 g/mol. The molecule has 2 N–H and O–H groups in total. The van der Waals surface area contributed by atoms with Gasteiger partial charge in [-0.25, -0.2) is 8.78 Å². The molecule has 4 heteroatoms. The van der Waals surface area contributed by atoms with Crippen LogP contribution in [-0.4, -0.2) is 0 Å². The van der Waals surface area contributed by atoms with E-state index in [2.05, 4.69) is 0 Å². The number of halogens is 3. The maximum absolute atomic E-state index is 12.8. The molecule has 0 radical (unpaired) electrons. The Bertz CT molecular complexity index is 306. The van der Waals surface area contributed by atoms with Crippen LogP contribution in [0.4, 0.5) is 8.78 Å². The monoisotopic (exact) mass is 219 g/mol. The van der Waals surface area contributed by atoms with E-state index in [-0.39, 0.29) is 18.4 Å². The van der Waals surface area contributed by atoms with Crippen LogP contribution in [0.2, 0.25) is 0 Å². The van der Waals surface area contributed by atoms with Crippen molar-refractivity contribution in [2.75, 3.05) is 0 Å². The highest BCUT2D eigenvalue weighted by Gasteiger charge is 2.29. The Morgan fingerprint density at radius 2 is 1.64 bits per heavy atom. The summed E-state index contributed by atoms with van der Waals surface area (Å²) in [5.74, 6) is -0.682. The van der Waals surface area contributed by atoms with Crippen LogP contribution in [0.1, 0.15) is 24.4 Å². The van der Waals surface area contributed by atoms with E-state index in [1.54, 1.807) is 0 Å². The van der Waals surface area contributed by atoms with E-state index in [4.69, 9.17) is 5.73 Å². The van der Waals surface area contributed by atoms with Gasteiger partial charge >= 0.3 is 0 Å². The lowest BCUT2D eigenvalue weighted by atomic mass is 10.0. The third-order valence-electron chi connectivity index (χ3n) is 2.40. The van der Waals surface area contributed by atoms with Crippen molar-refractivity contribution in [2.24, 2.45) is 11.7 Å². The summed E-state index contributed by atoms with van der Waals surface area (Å²) in [6.07, 6.45) is 2.14. The van der Waals surface area contributed by atoms with Gasteiger partial charge in [-0.15, -0.1) is 12.4 Å². The van der Waals surface area contributed by atoms with Crippen LogP contribution in [0.5, 0.6) is 0 Å². The smallest absolute Gasteiger partial charge is 0.126 e. The summed E-state index contributed by atoms with van der Waals surface area (Å²) in [6, 6.07) is 3.28. The van der Waals surface area contributed by atoms with Gasteiger partial charge in [-0.05, 0) is 36.5 Å². The van der Waals surface area contributed by atoms with Crippen molar-refractivity contribution in [1.29, 1.82) is 0 Å². The fraction of sp³-hybridized carbons (Fsp3) is 0.400. The summed E-state index contributed by atoms with van der Waals surface area (Å²) < 4.78 is 25.6. The van der Waals surface area contributed by atoms with Gasteiger partial charge in [-0.3, -0.25) is 0 Å². The molecule has 0 heterocycles. The van der Waals surface area contributed by atoms with Crippen molar-refractivity contribution in [2.45, 2.75) is 18.9 Å². The first-order valence-electron chi connectivity index (χ1n) is 4.38. The first kappa shape index (κ1) is 11.4. The highest BCUT2D eigenvalue weighted by Crippen LogP contribution is 2.39. The molecule has 1 aliphatic carbocycles. The molecule has 0 aliphatic heterocycles. The lowest BCUT2D eigenvalue weighted by Crippen LogP contribution is -2.12. The van der Waals surface area contributed by atoms with E-state index in [0.717, 1.165) is 18.9 Å². The molecule has 0 spiro atoms. The van der Waals surface area contributed by atoms with Crippen LogP contribution >= 0.6 is 12.4 Å². The van der Waals surface area contributed by atoms with Crippen LogP contribution in [-0.2, 0) is 0 Å². The Kier molecular flexibility index (Phi) is 3.45. The zero-order valence-corrected chi connectivity index (χ0v) is 8.36. The molecule has 14 heavy (non-hydrogen) atoms. The van der Waals surface area contributed by atoms with Gasteiger partial charge in [0.05, 0.1) is 0 Å². The van der Waals surface area contributed by atoms with Gasteiger partial charge in [-0.2, -0.15) is 0 Å². The molecule has 1 nitrogen and oxygen atoms in total. The first-order chi connectivity index (χ1) is 6.16. The summed E-state index contributed by atoms with van der Waals surface area (Å²) >= 11 is 0. The van der Waals surface area contributed by atoms with Crippen LogP contribution in [0.3, 0.4) is 0 Å². The number of rotatable bonds is 2. The van der Waals surface area contributed by atoms with Crippen molar-refractivity contribution in [3.05, 3.63) is 35.4 Å². The average molecular weight is 220 g/mol. The zero-order valence-electron chi connectivity index (χ0n) is 7.54. The van der Waals surface area contributed by atoms with Gasteiger partial charge in [0, 0.05) is 12.1 Å². The second kappa shape index (κ2) is 4.24. The van der Waals surface area contributed by atoms with E-state index < -0.39 is 11.6 Å². The topological polar surface area (TPSA) is 26.0 Å². The van der Waals surface area contributed by atoms with Crippen molar-refractivity contribution in [3.8, 4) is 0 Å². The minimum Gasteiger partial charge on any atom is -0.324 e. The lowest BCUT2D eigenvalue weighted by molar-refractivity contribution is 0.563. The van der Waals surface area contributed by atoms with Crippen molar-refractivity contribution in [1.82, 2.24) is 0 Å². The van der Waals surface area contributed by atoms with Crippen molar-refractivity contribution < 1.29 is 8.78 Å². The van der Waals surface area contributed by atoms with Crippen LogP contribution in [0, 0.1) is 17.6 Å². The SMILES string of the molecule is Cl.N[C@@H](c1cc(F)cc(F)c1)C1CC1. The molecule has 0 saturated heterocycles. The minimum absolute atomic E-state index is 0. The van der Waals surface area contributed by atoms with Crippen LogP contribution < -0.4 is 5.73 Å². The fourth-order valence-corrected chi connectivity index (χ4v) is 1.50. The van der Waals surface area contributed by atoms with Gasteiger partial charge in [0.15, 0.2) is 0 Å². The second-order valence-electron chi connectivity index (χ2n) is 3.57. The number of hydrogen-bond donors (Lipinski definition) is 1. The van der Waals surface area contributed by atoms with E-state index in [1.807, 2.05) is 0 Å². The van der Waals surface area contributed by atoms with Gasteiger partial charge in [-0.1, -0.05) is 0 Å². The molecule has 1 aliphatic rings. The molecular formula is C10H12ClF2N. The average Bonchev–Trinajstić information content (AvgIpc) is 2.83. The largest absolute Gasteiger partial charge is 0.324 e. The quantitative estimate of drug-likeness (QED) is 0.813. The molecule has 1 atom stereocenters. The highest BCUT2D eigenvalue weighted by molar-refractivity contribution is 5.85. The van der Waals surface area contributed by atoms with E-state index in [0.29, 0.717) is 11.5 Å². The third-order valence-corrected chi connectivity index (χ3v) is 2.40. The Morgan fingerprint density at radius 3 is 2.07 bits per heavy atom. The lowest BCUT2D eigenvalue weighted by Gasteiger charge is -2.10. The maximum atomic E-state index is 12.8. The number of hydrogen-bond acceptors (Lipinski definition) is 1. The van der Waals surface area contributed by atoms with Crippen LogP contribution in [0.15, 0.2) is 18.2 Å². The summed E-state index contributed by atoms with van der Waals surface area (Å²) in [5.41, 5.74) is 6.37. The van der Waals surface area contributed by atoms with E-state index in [1.165, 1.54) is 12.1 Å². The maximum Gasteiger partial charge on any atom is 0.126 e. The molecule has 78 valence electrons. The molecule has 2 rings (SSSR count). The summed E-state index contributed by atoms with van der Waals surface area (Å²) in [6.45, 7) is 0.